The van der Waals surface area contributed by atoms with E-state index in [1.807, 2.05) is 19.1 Å². The van der Waals surface area contributed by atoms with Gasteiger partial charge in [0, 0.05) is 5.39 Å². The Hall–Kier alpha value is -2.12. The maximum atomic E-state index is 12.2. The first-order valence-corrected chi connectivity index (χ1v) is 7.63. The second kappa shape index (κ2) is 7.43. The van der Waals surface area contributed by atoms with Crippen LogP contribution in [0.25, 0.3) is 11.0 Å². The number of amides is 1. The van der Waals surface area contributed by atoms with Crippen LogP contribution in [0.3, 0.4) is 0 Å². The highest BCUT2D eigenvalue weighted by atomic mass is 79.9. The zero-order valence-electron chi connectivity index (χ0n) is 12.5. The zero-order chi connectivity index (χ0) is 17.0. The van der Waals surface area contributed by atoms with E-state index >= 15 is 0 Å². The average molecular weight is 382 g/mol. The second-order valence-electron chi connectivity index (χ2n) is 4.97. The van der Waals surface area contributed by atoms with Crippen molar-refractivity contribution in [1.82, 2.24) is 5.32 Å². The molecule has 0 spiro atoms. The summed E-state index contributed by atoms with van der Waals surface area (Å²) in [7, 11) is 0. The number of carbonyl (C=O) groups excluding carboxylic acids is 1. The van der Waals surface area contributed by atoms with Crippen LogP contribution >= 0.6 is 15.9 Å². The fourth-order valence-electron chi connectivity index (χ4n) is 2.04. The normalized spacial score (nSPS) is 12.1. The number of fused-ring (bicyclic) bond motifs is 1. The molecule has 0 fully saturated rings. The van der Waals surface area contributed by atoms with Gasteiger partial charge in [0.1, 0.15) is 5.58 Å². The summed E-state index contributed by atoms with van der Waals surface area (Å²) in [6.07, 6.45) is 1.50. The molecular weight excluding hydrogens is 366 g/mol. The minimum Gasteiger partial charge on any atom is -0.480 e. The molecule has 0 saturated heterocycles. The first-order valence-electron chi connectivity index (χ1n) is 6.84. The number of carboxylic acid groups (broad SMARTS) is 1. The number of halogens is 1. The highest BCUT2D eigenvalue weighted by molar-refractivity contribution is 9.10. The molecule has 7 heteroatoms. The van der Waals surface area contributed by atoms with Crippen molar-refractivity contribution < 1.29 is 23.8 Å². The molecule has 0 saturated carbocycles. The van der Waals surface area contributed by atoms with Crippen molar-refractivity contribution >= 4 is 38.8 Å². The van der Waals surface area contributed by atoms with E-state index in [0.717, 1.165) is 15.4 Å². The van der Waals surface area contributed by atoms with Crippen molar-refractivity contribution in [3.05, 3.63) is 46.7 Å². The Kier molecular flexibility index (Phi) is 5.57. The predicted octanol–water partition coefficient (Wildman–Crippen LogP) is 2.89. The number of hydrogen-bond donors (Lipinski definition) is 2. The van der Waals surface area contributed by atoms with Crippen LogP contribution in [0.2, 0.25) is 0 Å². The maximum absolute atomic E-state index is 12.2. The number of aryl methyl sites for hydroxylation is 1. The fourth-order valence-corrected chi connectivity index (χ4v) is 2.71. The summed E-state index contributed by atoms with van der Waals surface area (Å²) in [5, 5.41) is 12.3. The van der Waals surface area contributed by atoms with E-state index in [4.69, 9.17) is 14.3 Å². The van der Waals surface area contributed by atoms with Gasteiger partial charge >= 0.3 is 5.97 Å². The molecule has 0 bridgehead atoms. The number of benzene rings is 1. The van der Waals surface area contributed by atoms with Gasteiger partial charge in [-0.2, -0.15) is 0 Å². The highest BCUT2D eigenvalue weighted by Crippen LogP contribution is 2.28. The molecule has 1 amide bonds. The Morgan fingerprint density at radius 1 is 1.48 bits per heavy atom. The second-order valence-corrected chi connectivity index (χ2v) is 5.82. The average Bonchev–Trinajstić information content (AvgIpc) is 2.90. The molecule has 122 valence electrons. The van der Waals surface area contributed by atoms with Crippen molar-refractivity contribution in [2.45, 2.75) is 13.0 Å². The molecule has 1 aromatic heterocycles. The van der Waals surface area contributed by atoms with Gasteiger partial charge in [0.2, 0.25) is 0 Å². The van der Waals surface area contributed by atoms with E-state index in [0.29, 0.717) is 5.58 Å². The van der Waals surface area contributed by atoms with E-state index in [1.54, 1.807) is 6.07 Å². The number of rotatable bonds is 7. The summed E-state index contributed by atoms with van der Waals surface area (Å²) in [5.74, 6) is -1.75. The third kappa shape index (κ3) is 4.20. The lowest BCUT2D eigenvalue weighted by atomic mass is 10.2. The maximum Gasteiger partial charge on any atom is 0.328 e. The van der Waals surface area contributed by atoms with Gasteiger partial charge in [0.05, 0.1) is 17.7 Å². The monoisotopic (exact) mass is 381 g/mol. The largest absolute Gasteiger partial charge is 0.480 e. The molecule has 2 aromatic rings. The summed E-state index contributed by atoms with van der Waals surface area (Å²) in [6, 6.07) is 4.16. The molecule has 6 nitrogen and oxygen atoms in total. The summed E-state index contributed by atoms with van der Waals surface area (Å²) in [6.45, 7) is 5.44. The fraction of sp³-hybridized carbons (Fsp3) is 0.250. The lowest BCUT2D eigenvalue weighted by molar-refractivity contribution is -0.140. The topological polar surface area (TPSA) is 88.8 Å². The standard InChI is InChI=1S/C16H16BrNO5/c1-3-4-22-8-12(16(20)21)18-15(19)13-7-10-5-9(2)6-11(17)14(10)23-13/h3,5-7,12H,1,4,8H2,2H3,(H,18,19)(H,20,21). The Morgan fingerprint density at radius 2 is 2.22 bits per heavy atom. The quantitative estimate of drug-likeness (QED) is 0.568. The smallest absolute Gasteiger partial charge is 0.328 e. The molecule has 2 rings (SSSR count). The van der Waals surface area contributed by atoms with Gasteiger partial charge in [-0.05, 0) is 46.6 Å². The highest BCUT2D eigenvalue weighted by Gasteiger charge is 2.23. The van der Waals surface area contributed by atoms with Crippen LogP contribution in [0.4, 0.5) is 0 Å². The molecule has 1 aromatic carbocycles. The molecule has 0 aliphatic heterocycles. The van der Waals surface area contributed by atoms with Crippen LogP contribution in [-0.4, -0.2) is 36.2 Å². The van der Waals surface area contributed by atoms with Gasteiger partial charge in [0.25, 0.3) is 5.91 Å². The van der Waals surface area contributed by atoms with Gasteiger partial charge < -0.3 is 19.6 Å². The van der Waals surface area contributed by atoms with E-state index in [1.165, 1.54) is 6.08 Å². The van der Waals surface area contributed by atoms with E-state index < -0.39 is 17.9 Å². The molecule has 1 atom stereocenters. The molecule has 23 heavy (non-hydrogen) atoms. The Morgan fingerprint density at radius 3 is 2.87 bits per heavy atom. The van der Waals surface area contributed by atoms with Crippen molar-refractivity contribution in [2.75, 3.05) is 13.2 Å². The summed E-state index contributed by atoms with van der Waals surface area (Å²) in [4.78, 5) is 23.4. The Bertz CT molecular complexity index is 752. The minimum atomic E-state index is -1.18. The number of furan rings is 1. The van der Waals surface area contributed by atoms with E-state index in [9.17, 15) is 9.59 Å². The number of hydrogen-bond acceptors (Lipinski definition) is 4. The van der Waals surface area contributed by atoms with E-state index in [2.05, 4.69) is 27.8 Å². The molecule has 0 aliphatic rings. The lowest BCUT2D eigenvalue weighted by Crippen LogP contribution is -2.44. The number of carboxylic acids is 1. The van der Waals surface area contributed by atoms with Crippen molar-refractivity contribution in [1.29, 1.82) is 0 Å². The number of ether oxygens (including phenoxy) is 1. The van der Waals surface area contributed by atoms with Crippen LogP contribution in [0.5, 0.6) is 0 Å². The van der Waals surface area contributed by atoms with Crippen molar-refractivity contribution in [3.63, 3.8) is 0 Å². The summed E-state index contributed by atoms with van der Waals surface area (Å²) >= 11 is 3.38. The van der Waals surface area contributed by atoms with Crippen LogP contribution in [0.1, 0.15) is 16.1 Å². The first-order chi connectivity index (χ1) is 10.9. The Labute approximate surface area is 141 Å². The lowest BCUT2D eigenvalue weighted by Gasteiger charge is -2.13. The van der Waals surface area contributed by atoms with Gasteiger partial charge in [-0.15, -0.1) is 6.58 Å². The molecule has 2 N–H and O–H groups in total. The molecule has 0 radical (unpaired) electrons. The SMILES string of the molecule is C=CCOCC(NC(=O)c1cc2cc(C)cc(Br)c2o1)C(=O)O. The number of carbonyl (C=O) groups is 2. The van der Waals surface area contributed by atoms with Crippen LogP contribution in [0.15, 0.2) is 39.7 Å². The van der Waals surface area contributed by atoms with Gasteiger partial charge in [-0.1, -0.05) is 6.08 Å². The third-order valence-corrected chi connectivity index (χ3v) is 3.65. The molecule has 0 aliphatic carbocycles. The van der Waals surface area contributed by atoms with Crippen LogP contribution in [-0.2, 0) is 9.53 Å². The molecule has 1 heterocycles. The van der Waals surface area contributed by atoms with Crippen LogP contribution in [0, 0.1) is 6.92 Å². The van der Waals surface area contributed by atoms with Gasteiger partial charge in [-0.25, -0.2) is 4.79 Å². The molecule has 1 unspecified atom stereocenters. The van der Waals surface area contributed by atoms with Crippen molar-refractivity contribution in [3.8, 4) is 0 Å². The number of nitrogens with one attached hydrogen (secondary N) is 1. The zero-order valence-corrected chi connectivity index (χ0v) is 14.1. The van der Waals surface area contributed by atoms with Gasteiger partial charge in [0.15, 0.2) is 11.8 Å². The summed E-state index contributed by atoms with van der Waals surface area (Å²) < 4.78 is 11.3. The first kappa shape index (κ1) is 17.2. The Balaban J connectivity index is 2.17. The van der Waals surface area contributed by atoms with Crippen molar-refractivity contribution in [2.24, 2.45) is 0 Å². The van der Waals surface area contributed by atoms with E-state index in [-0.39, 0.29) is 19.0 Å². The number of aliphatic carboxylic acids is 1. The summed E-state index contributed by atoms with van der Waals surface area (Å²) in [5.41, 5.74) is 1.55. The third-order valence-electron chi connectivity index (χ3n) is 3.06. The molecular formula is C16H16BrNO5. The predicted molar refractivity (Wildman–Crippen MR) is 88.6 cm³/mol. The minimum absolute atomic E-state index is 0.0428. The van der Waals surface area contributed by atoms with Crippen LogP contribution < -0.4 is 5.32 Å². The van der Waals surface area contributed by atoms with Gasteiger partial charge in [-0.3, -0.25) is 4.79 Å².